The third kappa shape index (κ3) is 1.34. The standard InChI is InChI=1S/C6H4N5S2/c1-12-6-8-2-3-4(9-6)11-13-5(3)10-7/h2H,1H3/q+1. The monoisotopic (exact) mass is 210 g/mol. The van der Waals surface area contributed by atoms with Gasteiger partial charge in [-0.15, -0.1) is 0 Å². The number of hydrogen-bond acceptors (Lipinski definition) is 6. The highest BCUT2D eigenvalue weighted by atomic mass is 32.2. The Morgan fingerprint density at radius 1 is 1.62 bits per heavy atom. The first-order chi connectivity index (χ1) is 6.35. The van der Waals surface area contributed by atoms with Crippen LogP contribution in [0.15, 0.2) is 11.4 Å². The van der Waals surface area contributed by atoms with Gasteiger partial charge in [0, 0.05) is 0 Å². The summed E-state index contributed by atoms with van der Waals surface area (Å²) >= 11 is 2.55. The summed E-state index contributed by atoms with van der Waals surface area (Å²) in [5, 5.41) is 10.4. The second-order valence-electron chi connectivity index (χ2n) is 2.18. The molecule has 2 rings (SSSR count). The quantitative estimate of drug-likeness (QED) is 0.410. The zero-order valence-corrected chi connectivity index (χ0v) is 8.26. The van der Waals surface area contributed by atoms with Crippen LogP contribution in [0.4, 0.5) is 5.00 Å². The molecule has 2 aromatic rings. The van der Waals surface area contributed by atoms with E-state index in [4.69, 9.17) is 5.39 Å². The maximum absolute atomic E-state index is 8.59. The van der Waals surface area contributed by atoms with E-state index in [-0.39, 0.29) is 0 Å². The van der Waals surface area contributed by atoms with Gasteiger partial charge < -0.3 is 0 Å². The van der Waals surface area contributed by atoms with Gasteiger partial charge in [-0.05, 0) is 6.26 Å². The van der Waals surface area contributed by atoms with Crippen LogP contribution >= 0.6 is 23.3 Å². The first kappa shape index (κ1) is 8.34. The number of diazo groups is 1. The Balaban J connectivity index is 2.70. The van der Waals surface area contributed by atoms with Crippen LogP contribution in [0.5, 0.6) is 0 Å². The molecule has 13 heavy (non-hydrogen) atoms. The van der Waals surface area contributed by atoms with Crippen LogP contribution in [0.3, 0.4) is 0 Å². The van der Waals surface area contributed by atoms with E-state index in [1.165, 1.54) is 11.8 Å². The molecular weight excluding hydrogens is 206 g/mol. The Labute approximate surface area is 82.0 Å². The highest BCUT2D eigenvalue weighted by molar-refractivity contribution is 7.98. The summed E-state index contributed by atoms with van der Waals surface area (Å²) in [6.45, 7) is 0. The molecule has 0 atom stereocenters. The summed E-state index contributed by atoms with van der Waals surface area (Å²) in [5.41, 5.74) is 0.581. The van der Waals surface area contributed by atoms with E-state index in [2.05, 4.69) is 19.3 Å². The molecule has 0 radical (unpaired) electrons. The van der Waals surface area contributed by atoms with Crippen molar-refractivity contribution in [3.05, 3.63) is 11.2 Å². The van der Waals surface area contributed by atoms with Crippen LogP contribution in [0.2, 0.25) is 0 Å². The minimum absolute atomic E-state index is 0.447. The van der Waals surface area contributed by atoms with E-state index in [1.54, 1.807) is 6.20 Å². The first-order valence-electron chi connectivity index (χ1n) is 3.36. The number of rotatable bonds is 1. The molecule has 0 unspecified atom stereocenters. The number of hydrogen-bond donors (Lipinski definition) is 0. The molecule has 0 amide bonds. The van der Waals surface area contributed by atoms with Gasteiger partial charge >= 0.3 is 5.00 Å². The average molecular weight is 210 g/mol. The Bertz CT molecular complexity index is 485. The topological polar surface area (TPSA) is 66.8 Å². The third-order valence-electron chi connectivity index (χ3n) is 1.47. The summed E-state index contributed by atoms with van der Waals surface area (Å²) < 4.78 is 4.02. The van der Waals surface area contributed by atoms with E-state index in [9.17, 15) is 0 Å². The molecule has 2 aromatic heterocycles. The average Bonchev–Trinajstić information content (AvgIpc) is 2.59. The Morgan fingerprint density at radius 3 is 3.15 bits per heavy atom. The zero-order valence-electron chi connectivity index (χ0n) is 6.63. The van der Waals surface area contributed by atoms with Crippen molar-refractivity contribution >= 4 is 39.3 Å². The van der Waals surface area contributed by atoms with Gasteiger partial charge in [0.1, 0.15) is 5.39 Å². The molecule has 2 heterocycles. The molecule has 64 valence electrons. The predicted molar refractivity (Wildman–Crippen MR) is 51.7 cm³/mol. The lowest BCUT2D eigenvalue weighted by molar-refractivity contribution is 1.00. The second kappa shape index (κ2) is 3.24. The van der Waals surface area contributed by atoms with Crippen LogP contribution in [0, 0.1) is 5.39 Å². The molecule has 0 aromatic carbocycles. The van der Waals surface area contributed by atoms with Crippen molar-refractivity contribution in [2.24, 2.45) is 0 Å². The summed E-state index contributed by atoms with van der Waals surface area (Å²) in [4.78, 5) is 11.3. The summed E-state index contributed by atoms with van der Waals surface area (Å²) in [6.07, 6.45) is 3.51. The molecule has 0 N–H and O–H groups in total. The van der Waals surface area contributed by atoms with Crippen molar-refractivity contribution < 1.29 is 0 Å². The number of thioether (sulfide) groups is 1. The van der Waals surface area contributed by atoms with Crippen LogP contribution in [0.1, 0.15) is 0 Å². The smallest absolute Gasteiger partial charge is 0.230 e. The normalized spacial score (nSPS) is 10.2. The largest absolute Gasteiger partial charge is 0.470 e. The molecule has 5 nitrogen and oxygen atoms in total. The van der Waals surface area contributed by atoms with Gasteiger partial charge in [-0.25, -0.2) is 9.97 Å². The molecule has 7 heteroatoms. The Kier molecular flexibility index (Phi) is 2.08. The summed E-state index contributed by atoms with van der Waals surface area (Å²) in [7, 11) is 0. The maximum Gasteiger partial charge on any atom is 0.470 e. The van der Waals surface area contributed by atoms with Crippen molar-refractivity contribution in [3.8, 4) is 0 Å². The molecule has 0 aliphatic heterocycles. The van der Waals surface area contributed by atoms with E-state index < -0.39 is 0 Å². The fourth-order valence-corrected chi connectivity index (χ4v) is 1.81. The molecule has 0 spiro atoms. The van der Waals surface area contributed by atoms with Crippen molar-refractivity contribution in [1.29, 1.82) is 5.39 Å². The van der Waals surface area contributed by atoms with Gasteiger partial charge in [0.2, 0.25) is 5.39 Å². The summed E-state index contributed by atoms with van der Waals surface area (Å²) in [6, 6.07) is 0. The fraction of sp³-hybridized carbons (Fsp3) is 0.167. The van der Waals surface area contributed by atoms with Crippen LogP contribution in [-0.2, 0) is 0 Å². The van der Waals surface area contributed by atoms with Crippen LogP contribution in [-0.4, -0.2) is 20.6 Å². The molecule has 0 bridgehead atoms. The van der Waals surface area contributed by atoms with E-state index in [1.807, 2.05) is 6.26 Å². The van der Waals surface area contributed by atoms with E-state index in [0.29, 0.717) is 21.2 Å². The summed E-state index contributed by atoms with van der Waals surface area (Å²) in [5.74, 6) is 0. The van der Waals surface area contributed by atoms with Crippen molar-refractivity contribution in [3.63, 3.8) is 0 Å². The molecular formula is C6H4N5S2+. The van der Waals surface area contributed by atoms with Gasteiger partial charge in [0.15, 0.2) is 15.8 Å². The van der Waals surface area contributed by atoms with Crippen molar-refractivity contribution in [1.82, 2.24) is 14.3 Å². The lowest BCUT2D eigenvalue weighted by Crippen LogP contribution is -1.84. The molecule has 0 aliphatic rings. The van der Waals surface area contributed by atoms with Crippen LogP contribution in [0.25, 0.3) is 16.0 Å². The highest BCUT2D eigenvalue weighted by Crippen LogP contribution is 2.29. The SMILES string of the molecule is CSc1ncc2c([N+]#N)snc2n1. The second-order valence-corrected chi connectivity index (χ2v) is 3.71. The fourth-order valence-electron chi connectivity index (χ4n) is 0.884. The van der Waals surface area contributed by atoms with Gasteiger partial charge in [0.25, 0.3) is 0 Å². The minimum Gasteiger partial charge on any atom is -0.230 e. The number of nitrogens with zero attached hydrogens (tertiary/aromatic N) is 5. The molecule has 0 fully saturated rings. The lowest BCUT2D eigenvalue weighted by Gasteiger charge is -1.89. The first-order valence-corrected chi connectivity index (χ1v) is 5.36. The third-order valence-corrected chi connectivity index (χ3v) is 2.77. The van der Waals surface area contributed by atoms with Crippen LogP contribution < -0.4 is 0 Å². The molecule has 0 aliphatic carbocycles. The minimum atomic E-state index is 0.447. The predicted octanol–water partition coefficient (Wildman–Crippen LogP) is 2.29. The molecule has 0 saturated heterocycles. The number of fused-ring (bicyclic) bond motifs is 1. The van der Waals surface area contributed by atoms with Crippen molar-refractivity contribution in [2.45, 2.75) is 5.16 Å². The van der Waals surface area contributed by atoms with Gasteiger partial charge in [0.05, 0.1) is 17.7 Å². The maximum atomic E-state index is 8.59. The Hall–Kier alpha value is -1.26. The van der Waals surface area contributed by atoms with E-state index >= 15 is 0 Å². The van der Waals surface area contributed by atoms with Gasteiger partial charge in [-0.2, -0.15) is 4.37 Å². The highest BCUT2D eigenvalue weighted by Gasteiger charge is 2.17. The van der Waals surface area contributed by atoms with Gasteiger partial charge in [-0.3, -0.25) is 0 Å². The van der Waals surface area contributed by atoms with Crippen molar-refractivity contribution in [2.75, 3.05) is 6.26 Å². The molecule has 0 saturated carbocycles. The Morgan fingerprint density at radius 2 is 2.46 bits per heavy atom. The number of aromatic nitrogens is 3. The van der Waals surface area contributed by atoms with Gasteiger partial charge in [-0.1, -0.05) is 11.8 Å². The lowest BCUT2D eigenvalue weighted by atomic mass is 10.4. The van der Waals surface area contributed by atoms with E-state index in [0.717, 1.165) is 11.5 Å². The zero-order chi connectivity index (χ0) is 9.26.